The molecule has 0 atom stereocenters. The van der Waals surface area contributed by atoms with E-state index in [1.165, 1.54) is 6.33 Å². The molecule has 5 nitrogen and oxygen atoms in total. The maximum atomic E-state index is 5.61. The second-order valence-electron chi connectivity index (χ2n) is 3.51. The van der Waals surface area contributed by atoms with Gasteiger partial charge < -0.3 is 0 Å². The van der Waals surface area contributed by atoms with Gasteiger partial charge in [-0.25, -0.2) is 0 Å². The normalized spacial score (nSPS) is 10.5. The summed E-state index contributed by atoms with van der Waals surface area (Å²) in [6.45, 7) is 0. The topological polar surface area (TPSA) is 60.8 Å². The third kappa shape index (κ3) is 2.17. The molecule has 0 N–H and O–H groups in total. The van der Waals surface area contributed by atoms with Crippen LogP contribution in [0, 0.1) is 0 Å². The predicted octanol–water partition coefficient (Wildman–Crippen LogP) is 1.01. The molecular formula is C12H7AsN4O. The quantitative estimate of drug-likeness (QED) is 0.661. The van der Waals surface area contributed by atoms with Crippen LogP contribution in [0.5, 0.6) is 11.6 Å². The Balaban J connectivity index is 2.01. The summed E-state index contributed by atoms with van der Waals surface area (Å²) in [7, 11) is 0. The number of hydrogen-bond acceptors (Lipinski definition) is 5. The average Bonchev–Trinajstić information content (AvgIpc) is 2.41. The summed E-state index contributed by atoms with van der Waals surface area (Å²) in [6, 6.07) is 7.26. The minimum absolute atomic E-state index is 0.498. The zero-order valence-electron chi connectivity index (χ0n) is 9.19. The monoisotopic (exact) mass is 298 g/mol. The van der Waals surface area contributed by atoms with Gasteiger partial charge in [-0.05, 0) is 0 Å². The number of ether oxygens (including phenoxy) is 1. The molecule has 3 rings (SSSR count). The van der Waals surface area contributed by atoms with Crippen LogP contribution in [0.1, 0.15) is 0 Å². The van der Waals surface area contributed by atoms with E-state index in [1.54, 1.807) is 18.5 Å². The fourth-order valence-corrected chi connectivity index (χ4v) is 1.95. The van der Waals surface area contributed by atoms with Crippen molar-refractivity contribution in [1.29, 1.82) is 0 Å². The molecular weight excluding hydrogens is 291 g/mol. The Kier molecular flexibility index (Phi) is 2.90. The van der Waals surface area contributed by atoms with Crippen molar-refractivity contribution >= 4 is 32.4 Å². The summed E-state index contributed by atoms with van der Waals surface area (Å²) in [6.07, 6.45) is 4.84. The Morgan fingerprint density at radius 1 is 1.11 bits per heavy atom. The molecule has 3 aromatic heterocycles. The van der Waals surface area contributed by atoms with Crippen molar-refractivity contribution in [3.05, 3.63) is 43.0 Å². The molecule has 0 aliphatic rings. The fraction of sp³-hybridized carbons (Fsp3) is 0. The van der Waals surface area contributed by atoms with Gasteiger partial charge in [-0.1, -0.05) is 0 Å². The van der Waals surface area contributed by atoms with Gasteiger partial charge in [0.15, 0.2) is 0 Å². The maximum absolute atomic E-state index is 5.61. The number of nitrogens with zero attached hydrogens (tertiary/aromatic N) is 4. The molecule has 0 amide bonds. The number of hydrogen-bond donors (Lipinski definition) is 0. The van der Waals surface area contributed by atoms with Crippen LogP contribution < -0.4 is 9.22 Å². The molecule has 0 aliphatic carbocycles. The number of rotatable bonds is 2. The zero-order valence-corrected chi connectivity index (χ0v) is 11.1. The second-order valence-corrected chi connectivity index (χ2v) is 4.39. The van der Waals surface area contributed by atoms with E-state index in [1.807, 2.05) is 18.2 Å². The van der Waals surface area contributed by atoms with Crippen molar-refractivity contribution in [1.82, 2.24) is 19.9 Å². The molecule has 0 spiro atoms. The van der Waals surface area contributed by atoms with E-state index in [-0.39, 0.29) is 0 Å². The summed E-state index contributed by atoms with van der Waals surface area (Å²) in [5.41, 5.74) is 1.51. The van der Waals surface area contributed by atoms with Gasteiger partial charge in [0.25, 0.3) is 0 Å². The van der Waals surface area contributed by atoms with Crippen LogP contribution in [-0.2, 0) is 0 Å². The van der Waals surface area contributed by atoms with Crippen molar-refractivity contribution in [3.63, 3.8) is 0 Å². The van der Waals surface area contributed by atoms with Crippen LogP contribution in [0.4, 0.5) is 0 Å². The fourth-order valence-electron chi connectivity index (χ4n) is 1.49. The first-order valence-corrected chi connectivity index (χ1v) is 6.15. The van der Waals surface area contributed by atoms with Gasteiger partial charge in [0.05, 0.1) is 0 Å². The van der Waals surface area contributed by atoms with E-state index in [2.05, 4.69) is 36.8 Å². The van der Waals surface area contributed by atoms with E-state index in [0.717, 1.165) is 15.5 Å². The van der Waals surface area contributed by atoms with Gasteiger partial charge in [0.1, 0.15) is 0 Å². The Labute approximate surface area is 112 Å². The van der Waals surface area contributed by atoms with Crippen molar-refractivity contribution in [2.45, 2.75) is 0 Å². The molecule has 0 aliphatic heterocycles. The average molecular weight is 298 g/mol. The third-order valence-electron chi connectivity index (χ3n) is 2.29. The van der Waals surface area contributed by atoms with E-state index >= 15 is 0 Å². The van der Waals surface area contributed by atoms with Crippen molar-refractivity contribution in [2.24, 2.45) is 0 Å². The Hall–Kier alpha value is -2.00. The number of fused-ring (bicyclic) bond motifs is 1. The first-order valence-electron chi connectivity index (χ1n) is 5.21. The summed E-state index contributed by atoms with van der Waals surface area (Å²) < 4.78 is 6.37. The zero-order chi connectivity index (χ0) is 12.4. The van der Waals surface area contributed by atoms with E-state index < -0.39 is 0 Å². The first-order chi connectivity index (χ1) is 8.83. The third-order valence-corrected chi connectivity index (χ3v) is 2.98. The molecule has 0 saturated heterocycles. The van der Waals surface area contributed by atoms with E-state index in [4.69, 9.17) is 4.74 Å². The molecule has 3 heterocycles. The van der Waals surface area contributed by atoms with Gasteiger partial charge in [-0.3, -0.25) is 0 Å². The van der Waals surface area contributed by atoms with Crippen LogP contribution in [0.15, 0.2) is 43.0 Å². The van der Waals surface area contributed by atoms with Gasteiger partial charge in [-0.2, -0.15) is 0 Å². The van der Waals surface area contributed by atoms with Gasteiger partial charge in [0, 0.05) is 0 Å². The minimum atomic E-state index is 0.498. The molecule has 0 fully saturated rings. The van der Waals surface area contributed by atoms with Gasteiger partial charge >= 0.3 is 112 Å². The Bertz CT molecular complexity index is 690. The molecule has 86 valence electrons. The van der Waals surface area contributed by atoms with E-state index in [0.29, 0.717) is 11.6 Å². The molecule has 3 aromatic rings. The molecule has 0 unspecified atom stereocenters. The summed E-state index contributed by atoms with van der Waals surface area (Å²) in [5.74, 6) is 1.14. The van der Waals surface area contributed by atoms with E-state index in [9.17, 15) is 0 Å². The number of aromatic nitrogens is 4. The molecule has 2 radical (unpaired) electrons. The molecule has 0 bridgehead atoms. The first kappa shape index (κ1) is 11.1. The molecule has 0 saturated carbocycles. The molecule has 6 heteroatoms. The second kappa shape index (κ2) is 4.70. The molecule has 18 heavy (non-hydrogen) atoms. The number of pyridine rings is 2. The van der Waals surface area contributed by atoms with Crippen LogP contribution >= 0.6 is 0 Å². The standard InChI is InChI=1S/C12H7AsN4O/c13-12-11-9(15-7-16-12)3-4-10(17-11)18-8-2-1-5-14-6-8/h1-7H. The van der Waals surface area contributed by atoms with Crippen LogP contribution in [0.25, 0.3) is 11.0 Å². The van der Waals surface area contributed by atoms with Crippen LogP contribution in [0.3, 0.4) is 0 Å². The van der Waals surface area contributed by atoms with Gasteiger partial charge in [-0.15, -0.1) is 0 Å². The Morgan fingerprint density at radius 2 is 2.06 bits per heavy atom. The van der Waals surface area contributed by atoms with Crippen LogP contribution in [0.2, 0.25) is 0 Å². The van der Waals surface area contributed by atoms with Crippen molar-refractivity contribution in [2.75, 3.05) is 0 Å². The molecule has 0 aromatic carbocycles. The van der Waals surface area contributed by atoms with Crippen LogP contribution in [-0.4, -0.2) is 36.8 Å². The summed E-state index contributed by atoms with van der Waals surface area (Å²) >= 11 is 2.37. The summed E-state index contributed by atoms with van der Waals surface area (Å²) in [4.78, 5) is 16.6. The predicted molar refractivity (Wildman–Crippen MR) is 67.0 cm³/mol. The van der Waals surface area contributed by atoms with Crippen molar-refractivity contribution in [3.8, 4) is 11.6 Å². The van der Waals surface area contributed by atoms with Gasteiger partial charge in [0.2, 0.25) is 0 Å². The SMILES string of the molecule is [As]c1ncnc2ccc(Oc3cccnc3)nc12. The van der Waals surface area contributed by atoms with Crippen molar-refractivity contribution < 1.29 is 4.74 Å². The summed E-state index contributed by atoms with van der Waals surface area (Å²) in [5, 5.41) is 0. The Morgan fingerprint density at radius 3 is 2.89 bits per heavy atom.